The molecule has 2 aromatic carbocycles. The Morgan fingerprint density at radius 1 is 0.882 bits per heavy atom. The van der Waals surface area contributed by atoms with Crippen LogP contribution in [0.1, 0.15) is 68.4 Å². The predicted octanol–water partition coefficient (Wildman–Crippen LogP) is 4.63. The molecule has 3 aliphatic heterocycles. The van der Waals surface area contributed by atoms with Gasteiger partial charge in [0.25, 0.3) is 5.91 Å². The zero-order valence-corrected chi connectivity index (χ0v) is 43.3. The highest BCUT2D eigenvalue weighted by atomic mass is 19.3. The molecule has 7 N–H and O–H groups in total. The molecule has 0 aliphatic carbocycles. The Bertz CT molecular complexity index is 2600. The molecule has 3 aromatic rings. The lowest BCUT2D eigenvalue weighted by molar-refractivity contribution is -0.133. The van der Waals surface area contributed by atoms with Crippen LogP contribution in [0, 0.1) is 28.5 Å². The van der Waals surface area contributed by atoms with Crippen LogP contribution in [0.25, 0.3) is 5.57 Å². The van der Waals surface area contributed by atoms with Gasteiger partial charge in [-0.1, -0.05) is 63.8 Å². The Morgan fingerprint density at radius 2 is 1.47 bits per heavy atom. The summed E-state index contributed by atoms with van der Waals surface area (Å²) < 4.78 is 85.6. The van der Waals surface area contributed by atoms with Gasteiger partial charge in [0.1, 0.15) is 23.7 Å². The molecule has 3 aliphatic rings. The van der Waals surface area contributed by atoms with Gasteiger partial charge in [0.15, 0.2) is 0 Å². The number of nitrogens with one attached hydrogen (secondary N) is 4. The van der Waals surface area contributed by atoms with E-state index in [0.29, 0.717) is 34.8 Å². The van der Waals surface area contributed by atoms with Gasteiger partial charge in [0.2, 0.25) is 5.91 Å². The fourth-order valence-electron chi connectivity index (χ4n) is 9.31. The first-order valence-corrected chi connectivity index (χ1v) is 24.7. The van der Waals surface area contributed by atoms with Gasteiger partial charge < -0.3 is 45.9 Å². The number of rotatable bonds is 22. The number of nitrogens with two attached hydrogens (primary N) is 1. The van der Waals surface area contributed by atoms with Crippen LogP contribution < -0.4 is 32.0 Å². The first kappa shape index (κ1) is 58.4. The molecule has 0 spiro atoms. The van der Waals surface area contributed by atoms with Crippen LogP contribution in [0.15, 0.2) is 72.0 Å². The molecule has 3 saturated heterocycles. The number of pyridine rings is 1. The minimum atomic E-state index is -3.06. The number of ether oxygens (including phenoxy) is 3. The highest BCUT2D eigenvalue weighted by molar-refractivity contribution is 6.09. The minimum Gasteiger partial charge on any atom is -0.453 e. The van der Waals surface area contributed by atoms with E-state index < -0.39 is 97.9 Å². The molecule has 4 heterocycles. The Kier molecular flexibility index (Phi) is 20.2. The number of aliphatic hydroxyl groups excluding tert-OH is 1. The number of carbonyl (C=O) groups is 4. The molecule has 23 heteroatoms. The number of aromatic nitrogens is 1. The molecule has 18 nitrogen and oxygen atoms in total. The zero-order valence-electron chi connectivity index (χ0n) is 43.3. The Hall–Kier alpha value is -6.87. The van der Waals surface area contributed by atoms with E-state index in [-0.39, 0.29) is 23.1 Å². The molecule has 2 bridgehead atoms. The number of fused-ring (bicyclic) bond motifs is 2. The minimum absolute atomic E-state index is 0.0416. The molecule has 76 heavy (non-hydrogen) atoms. The Balaban J connectivity index is 1.26. The largest absolute Gasteiger partial charge is 0.453 e. The fraction of sp³-hybridized carbons (Fsp3) is 0.509. The van der Waals surface area contributed by atoms with Crippen LogP contribution in [-0.2, 0) is 36.8 Å². The van der Waals surface area contributed by atoms with E-state index in [2.05, 4.69) is 52.7 Å². The summed E-state index contributed by atoms with van der Waals surface area (Å²) in [5, 5.41) is 20.6. The van der Waals surface area contributed by atoms with Crippen LogP contribution in [0.4, 0.5) is 37.4 Å². The molecule has 0 radical (unpaired) electrons. The zero-order chi connectivity index (χ0) is 55.3. The van der Waals surface area contributed by atoms with Crippen molar-refractivity contribution in [2.45, 2.75) is 102 Å². The van der Waals surface area contributed by atoms with Gasteiger partial charge in [0, 0.05) is 90.0 Å². The molecule has 412 valence electrons. The number of hydrogen-bond acceptors (Lipinski definition) is 14. The van der Waals surface area contributed by atoms with Gasteiger partial charge in [0.05, 0.1) is 59.0 Å². The highest BCUT2D eigenvalue weighted by Gasteiger charge is 2.46. The number of carbonyl (C=O) groups excluding carboxylic acids is 4. The number of allylic oxidation sites excluding steroid dienone is 1. The number of piperazine rings is 1. The third kappa shape index (κ3) is 15.2. The number of nitrogens with zero attached hydrogens (tertiary/aromatic N) is 5. The van der Waals surface area contributed by atoms with Crippen LogP contribution >= 0.6 is 0 Å². The van der Waals surface area contributed by atoms with Gasteiger partial charge in [-0.25, -0.2) is 29.0 Å². The average Bonchev–Trinajstić information content (AvgIpc) is 3.62. The molecule has 6 atom stereocenters. The first-order chi connectivity index (χ1) is 36.2. The van der Waals surface area contributed by atoms with E-state index >= 15 is 4.39 Å². The summed E-state index contributed by atoms with van der Waals surface area (Å²) in [6.07, 6.45) is 1.88. The third-order valence-corrected chi connectivity index (χ3v) is 13.8. The number of methoxy groups -OCH3 is 2. The molecule has 0 saturated carbocycles. The van der Waals surface area contributed by atoms with Crippen LogP contribution in [-0.4, -0.2) is 160 Å². The third-order valence-electron chi connectivity index (χ3n) is 13.8. The quantitative estimate of drug-likeness (QED) is 0.0266. The number of amides is 4. The summed E-state index contributed by atoms with van der Waals surface area (Å²) >= 11 is 0. The van der Waals surface area contributed by atoms with Crippen molar-refractivity contribution in [3.63, 3.8) is 0 Å². The summed E-state index contributed by atoms with van der Waals surface area (Å²) in [7, 11) is 2.10. The number of benzene rings is 2. The van der Waals surface area contributed by atoms with Crippen molar-refractivity contribution < 1.29 is 60.4 Å². The summed E-state index contributed by atoms with van der Waals surface area (Å²) in [4.78, 5) is 65.8. The van der Waals surface area contributed by atoms with Crippen molar-refractivity contribution in [3.8, 4) is 11.8 Å². The van der Waals surface area contributed by atoms with E-state index in [1.807, 2.05) is 12.1 Å². The van der Waals surface area contributed by atoms with Crippen LogP contribution in [0.3, 0.4) is 0 Å². The van der Waals surface area contributed by atoms with E-state index in [1.165, 1.54) is 39.8 Å². The number of alkyl halides is 4. The predicted molar refractivity (Wildman–Crippen MR) is 274 cm³/mol. The van der Waals surface area contributed by atoms with Gasteiger partial charge >= 0.3 is 18.7 Å². The van der Waals surface area contributed by atoms with E-state index in [4.69, 9.17) is 20.2 Å². The average molecular weight is 1070 g/mol. The Labute approximate surface area is 438 Å². The second-order valence-electron chi connectivity index (χ2n) is 20.4. The van der Waals surface area contributed by atoms with Crippen LogP contribution in [0.5, 0.6) is 0 Å². The lowest BCUT2D eigenvalue weighted by Crippen LogP contribution is -2.62. The number of halogens is 5. The van der Waals surface area contributed by atoms with Gasteiger partial charge in [-0.15, -0.1) is 0 Å². The maximum atomic E-state index is 16.0. The number of aliphatic imine (C=N–C) groups is 1. The standard InChI is InChI=1S/C53H67F5N10O8/c1-52(2,30-54)45(63-50(72)74-5)47(70)62-42(19-33-10-7-32(8-11-33)9-12-34-13-18-44(60-22-34)66-25-38-16-17-39(26-66)68(38)40-28-76-29-40)43(69)27-67(65-48(71)46(53(3,4)31-55)64-51(73)75-6)24-36-15-14-35(20-41(36)56)37(21-59)23-61-49(57)58/h7-8,10-11,13-15,18,20-23,38-40,42-43,45-46,49,69H,16-17,19,24-31,59H2,1-6H3,(H,62,70)(H,63,72)(H,64,73)(H,65,71)/t38?,39?,42-,43-,45?,46+/m0/s1. The van der Waals surface area contributed by atoms with Crippen molar-refractivity contribution in [1.82, 2.24) is 36.3 Å². The number of hydrazine groups is 1. The molecule has 3 unspecified atom stereocenters. The molecular weight excluding hydrogens is 1000 g/mol. The number of anilines is 1. The van der Waals surface area contributed by atoms with Crippen molar-refractivity contribution in [1.29, 1.82) is 0 Å². The van der Waals surface area contributed by atoms with E-state index in [9.17, 15) is 41.8 Å². The summed E-state index contributed by atoms with van der Waals surface area (Å²) in [6.45, 7) is 2.55. The molecule has 1 aromatic heterocycles. The van der Waals surface area contributed by atoms with E-state index in [1.54, 1.807) is 30.5 Å². The normalized spacial score (nSPS) is 18.8. The first-order valence-electron chi connectivity index (χ1n) is 24.7. The number of aliphatic hydroxyl groups is 1. The number of hydrogen-bond donors (Lipinski definition) is 6. The molecular formula is C53H67F5N10O8. The van der Waals surface area contributed by atoms with Crippen molar-refractivity contribution >= 4 is 41.6 Å². The van der Waals surface area contributed by atoms with E-state index in [0.717, 1.165) is 82.7 Å². The molecule has 3 fully saturated rings. The Morgan fingerprint density at radius 3 is 1.99 bits per heavy atom. The van der Waals surface area contributed by atoms with Crippen molar-refractivity contribution in [2.24, 2.45) is 21.6 Å². The monoisotopic (exact) mass is 1070 g/mol. The summed E-state index contributed by atoms with van der Waals surface area (Å²) in [6, 6.07) is 11.4. The number of alkyl carbamates (subject to hydrolysis) is 2. The molecule has 4 amide bonds. The fourth-order valence-corrected chi connectivity index (χ4v) is 9.31. The topological polar surface area (TPSA) is 225 Å². The highest BCUT2D eigenvalue weighted by Crippen LogP contribution is 2.35. The summed E-state index contributed by atoms with van der Waals surface area (Å²) in [5.41, 5.74) is 6.91. The van der Waals surface area contributed by atoms with Crippen molar-refractivity contribution in [2.75, 3.05) is 65.3 Å². The lowest BCUT2D eigenvalue weighted by atomic mass is 9.84. The van der Waals surface area contributed by atoms with Crippen LogP contribution in [0.2, 0.25) is 0 Å². The molecule has 6 rings (SSSR count). The SMILES string of the molecule is COC(=O)NC(C(=O)N[C@@H](Cc1ccc(C#Cc2ccc(N3CC4CCC(C3)N4C3COC3)nc2)cc1)[C@@H](O)CN(Cc1ccc(C(C=NC(F)F)=CN)cc1F)NC(=O)[C@@H](NC(=O)OC)C(C)(C)CF)C(C)(C)CF. The summed E-state index contributed by atoms with van der Waals surface area (Å²) in [5.74, 6) is 4.34. The maximum Gasteiger partial charge on any atom is 0.407 e. The van der Waals surface area contributed by atoms with Gasteiger partial charge in [-0.2, -0.15) is 8.78 Å². The maximum absolute atomic E-state index is 16.0. The van der Waals surface area contributed by atoms with Gasteiger partial charge in [-0.3, -0.25) is 28.7 Å². The second kappa shape index (κ2) is 26.3. The second-order valence-corrected chi connectivity index (χ2v) is 20.4. The smallest absolute Gasteiger partial charge is 0.407 e. The lowest BCUT2D eigenvalue weighted by Gasteiger charge is -2.47. The van der Waals surface area contributed by atoms with Crippen molar-refractivity contribution in [3.05, 3.63) is 101 Å². The van der Waals surface area contributed by atoms with Gasteiger partial charge in [-0.05, 0) is 60.7 Å².